The van der Waals surface area contributed by atoms with E-state index >= 15 is 0 Å². The van der Waals surface area contributed by atoms with Gasteiger partial charge in [0.05, 0.1) is 23.4 Å². The average Bonchev–Trinajstić information content (AvgIpc) is 3.35. The second kappa shape index (κ2) is 11.1. The van der Waals surface area contributed by atoms with Crippen LogP contribution in [0.3, 0.4) is 0 Å². The molecule has 180 valence electrons. The zero-order chi connectivity index (χ0) is 24.7. The van der Waals surface area contributed by atoms with Crippen molar-refractivity contribution in [2.24, 2.45) is 0 Å². The molecule has 2 heterocycles. The first-order valence-electron chi connectivity index (χ1n) is 12.0. The molecule has 0 atom stereocenters. The van der Waals surface area contributed by atoms with Gasteiger partial charge in [0, 0.05) is 24.7 Å². The molecule has 0 aliphatic carbocycles. The van der Waals surface area contributed by atoms with Crippen molar-refractivity contribution in [3.63, 3.8) is 0 Å². The Kier molecular flexibility index (Phi) is 7.33. The van der Waals surface area contributed by atoms with Crippen molar-refractivity contribution in [2.75, 3.05) is 11.5 Å². The van der Waals surface area contributed by atoms with Crippen molar-refractivity contribution in [3.05, 3.63) is 120 Å². The molecule has 5 rings (SSSR count). The molecule has 0 unspecified atom stereocenters. The van der Waals surface area contributed by atoms with E-state index < -0.39 is 0 Å². The zero-order valence-electron chi connectivity index (χ0n) is 20.1. The summed E-state index contributed by atoms with van der Waals surface area (Å²) < 4.78 is 6.66. The van der Waals surface area contributed by atoms with Gasteiger partial charge in [0.1, 0.15) is 5.75 Å². The highest BCUT2D eigenvalue weighted by molar-refractivity contribution is 7.22. The van der Waals surface area contributed by atoms with E-state index in [0.29, 0.717) is 24.7 Å². The van der Waals surface area contributed by atoms with Crippen molar-refractivity contribution in [2.45, 2.75) is 25.8 Å². The van der Waals surface area contributed by atoms with Crippen molar-refractivity contribution >= 4 is 32.6 Å². The molecule has 3 aromatic carbocycles. The Morgan fingerprint density at radius 1 is 0.944 bits per heavy atom. The lowest BCUT2D eigenvalue weighted by Gasteiger charge is -2.24. The fourth-order valence-electron chi connectivity index (χ4n) is 4.29. The smallest absolute Gasteiger partial charge is 0.230 e. The van der Waals surface area contributed by atoms with Crippen LogP contribution in [0.1, 0.15) is 36.0 Å². The van der Waals surface area contributed by atoms with Crippen molar-refractivity contribution < 1.29 is 9.53 Å². The Morgan fingerprint density at radius 3 is 2.31 bits per heavy atom. The maximum Gasteiger partial charge on any atom is 0.230 e. The average molecular weight is 494 g/mol. The Morgan fingerprint density at radius 2 is 1.67 bits per heavy atom. The van der Waals surface area contributed by atoms with Gasteiger partial charge in [0.15, 0.2) is 5.13 Å². The zero-order valence-corrected chi connectivity index (χ0v) is 20.9. The second-order valence-corrected chi connectivity index (χ2v) is 9.49. The lowest BCUT2D eigenvalue weighted by atomic mass is 9.88. The van der Waals surface area contributed by atoms with Crippen molar-refractivity contribution in [1.29, 1.82) is 0 Å². The first kappa shape index (κ1) is 23.7. The molecule has 0 saturated heterocycles. The van der Waals surface area contributed by atoms with E-state index in [0.717, 1.165) is 32.7 Å². The third-order valence-corrected chi connectivity index (χ3v) is 7.08. The minimum Gasteiger partial charge on any atom is -0.494 e. The summed E-state index contributed by atoms with van der Waals surface area (Å²) in [5, 5.41) is 0.673. The Balaban J connectivity index is 1.51. The van der Waals surface area contributed by atoms with Gasteiger partial charge >= 0.3 is 0 Å². The van der Waals surface area contributed by atoms with E-state index in [2.05, 4.69) is 29.2 Å². The minimum atomic E-state index is -0.0600. The van der Waals surface area contributed by atoms with E-state index in [1.807, 2.05) is 73.7 Å². The first-order chi connectivity index (χ1) is 17.7. The van der Waals surface area contributed by atoms with Gasteiger partial charge < -0.3 is 4.74 Å². The fourth-order valence-corrected chi connectivity index (χ4v) is 5.30. The number of ether oxygens (including phenoxy) is 1. The summed E-state index contributed by atoms with van der Waals surface area (Å²) in [4.78, 5) is 24.9. The number of carbonyl (C=O) groups is 1. The van der Waals surface area contributed by atoms with Crippen LogP contribution in [0.25, 0.3) is 10.2 Å². The number of amides is 1. The third kappa shape index (κ3) is 5.44. The Labute approximate surface area is 215 Å². The normalized spacial score (nSPS) is 11.1. The number of pyridine rings is 1. The highest BCUT2D eigenvalue weighted by Gasteiger charge is 2.25. The molecule has 0 N–H and O–H groups in total. The molecule has 5 aromatic rings. The molecule has 0 radical (unpaired) electrons. The van der Waals surface area contributed by atoms with Gasteiger partial charge in [0.25, 0.3) is 0 Å². The number of fused-ring (bicyclic) bond motifs is 1. The summed E-state index contributed by atoms with van der Waals surface area (Å²) in [6.07, 6.45) is 3.87. The van der Waals surface area contributed by atoms with E-state index in [1.165, 1.54) is 11.3 Å². The predicted molar refractivity (Wildman–Crippen MR) is 146 cm³/mol. The highest BCUT2D eigenvalue weighted by Crippen LogP contribution is 2.35. The maximum absolute atomic E-state index is 14.0. The molecule has 1 amide bonds. The van der Waals surface area contributed by atoms with Crippen LogP contribution in [0.4, 0.5) is 5.13 Å². The first-order valence-corrected chi connectivity index (χ1v) is 12.9. The van der Waals surface area contributed by atoms with Crippen LogP contribution >= 0.6 is 11.3 Å². The van der Waals surface area contributed by atoms with Crippen molar-refractivity contribution in [1.82, 2.24) is 9.97 Å². The molecule has 6 heteroatoms. The monoisotopic (exact) mass is 493 g/mol. The molecule has 5 nitrogen and oxygen atoms in total. The summed E-state index contributed by atoms with van der Waals surface area (Å²) in [7, 11) is 0. The standard InChI is InChI=1S/C30H27N3O2S/c1-2-35-25-15-16-27-28(18-25)36-30(32-27)33(21-22-10-9-17-31-20-22)29(34)19-26(23-11-5-3-6-12-23)24-13-7-4-8-14-24/h3-18,20,26H,2,19,21H2,1H3. The number of nitrogens with zero attached hydrogens (tertiary/aromatic N) is 3. The number of hydrogen-bond donors (Lipinski definition) is 0. The Hall–Kier alpha value is -4.03. The van der Waals surface area contributed by atoms with Gasteiger partial charge in [-0.3, -0.25) is 14.7 Å². The summed E-state index contributed by atoms with van der Waals surface area (Å²) in [6.45, 7) is 2.97. The Bertz CT molecular complexity index is 1380. The summed E-state index contributed by atoms with van der Waals surface area (Å²) >= 11 is 1.51. The number of rotatable bonds is 9. The van der Waals surface area contributed by atoms with E-state index in [9.17, 15) is 4.79 Å². The number of thiazole rings is 1. The molecule has 0 saturated carbocycles. The second-order valence-electron chi connectivity index (χ2n) is 8.48. The highest BCUT2D eigenvalue weighted by atomic mass is 32.1. The van der Waals surface area contributed by atoms with Crippen LogP contribution in [-0.2, 0) is 11.3 Å². The van der Waals surface area contributed by atoms with Crippen LogP contribution in [-0.4, -0.2) is 22.5 Å². The van der Waals surface area contributed by atoms with Gasteiger partial charge in [-0.15, -0.1) is 0 Å². The van der Waals surface area contributed by atoms with Crippen LogP contribution in [0.15, 0.2) is 103 Å². The van der Waals surface area contributed by atoms with Gasteiger partial charge in [-0.2, -0.15) is 0 Å². The van der Waals surface area contributed by atoms with Gasteiger partial charge in [-0.1, -0.05) is 78.1 Å². The lowest BCUT2D eigenvalue weighted by Crippen LogP contribution is -2.31. The molecule has 0 spiro atoms. The number of aromatic nitrogens is 2. The quantitative estimate of drug-likeness (QED) is 0.225. The molecule has 0 fully saturated rings. The number of benzene rings is 3. The van der Waals surface area contributed by atoms with Gasteiger partial charge in [0.2, 0.25) is 5.91 Å². The predicted octanol–water partition coefficient (Wildman–Crippen LogP) is 6.85. The fraction of sp³-hybridized carbons (Fsp3) is 0.167. The van der Waals surface area contributed by atoms with Crippen LogP contribution in [0.2, 0.25) is 0 Å². The summed E-state index contributed by atoms with van der Waals surface area (Å²) in [5.74, 6) is 0.759. The van der Waals surface area contributed by atoms with Crippen LogP contribution in [0.5, 0.6) is 5.75 Å². The molecule has 36 heavy (non-hydrogen) atoms. The minimum absolute atomic E-state index is 0.0145. The third-order valence-electron chi connectivity index (χ3n) is 6.04. The van der Waals surface area contributed by atoms with Crippen LogP contribution < -0.4 is 9.64 Å². The molecule has 2 aromatic heterocycles. The van der Waals surface area contributed by atoms with Gasteiger partial charge in [-0.25, -0.2) is 4.98 Å². The van der Waals surface area contributed by atoms with E-state index in [-0.39, 0.29) is 11.8 Å². The van der Waals surface area contributed by atoms with E-state index in [4.69, 9.17) is 9.72 Å². The largest absolute Gasteiger partial charge is 0.494 e. The molecular formula is C30H27N3O2S. The number of hydrogen-bond acceptors (Lipinski definition) is 5. The molecule has 0 bridgehead atoms. The number of anilines is 1. The molecule has 0 aliphatic rings. The van der Waals surface area contributed by atoms with Gasteiger partial charge in [-0.05, 0) is 47.9 Å². The number of carbonyl (C=O) groups excluding carboxylic acids is 1. The van der Waals surface area contributed by atoms with Crippen molar-refractivity contribution in [3.8, 4) is 5.75 Å². The summed E-state index contributed by atoms with van der Waals surface area (Å²) in [5.41, 5.74) is 4.04. The van der Waals surface area contributed by atoms with Crippen LogP contribution in [0, 0.1) is 0 Å². The molecule has 0 aliphatic heterocycles. The molecular weight excluding hydrogens is 466 g/mol. The topological polar surface area (TPSA) is 55.3 Å². The maximum atomic E-state index is 14.0. The van der Waals surface area contributed by atoms with E-state index in [1.54, 1.807) is 17.3 Å². The summed E-state index contributed by atoms with van der Waals surface area (Å²) in [6, 6.07) is 30.2. The lowest BCUT2D eigenvalue weighted by molar-refractivity contribution is -0.119. The SMILES string of the molecule is CCOc1ccc2nc(N(Cc3cccnc3)C(=O)CC(c3ccccc3)c3ccccc3)sc2c1.